The Morgan fingerprint density at radius 2 is 2.26 bits per heavy atom. The predicted molar refractivity (Wildman–Crippen MR) is 68.6 cm³/mol. The summed E-state index contributed by atoms with van der Waals surface area (Å²) in [4.78, 5) is 12.7. The number of halogens is 1. The number of carboxylic acids is 1. The number of ether oxygens (including phenoxy) is 1. The summed E-state index contributed by atoms with van der Waals surface area (Å²) >= 11 is 0. The molecule has 0 spiro atoms. The Morgan fingerprint density at radius 1 is 1.53 bits per heavy atom. The van der Waals surface area contributed by atoms with Gasteiger partial charge in [0.05, 0.1) is 13.5 Å². The molecule has 19 heavy (non-hydrogen) atoms. The molecule has 0 bridgehead atoms. The van der Waals surface area contributed by atoms with Gasteiger partial charge in [-0.2, -0.15) is 0 Å². The summed E-state index contributed by atoms with van der Waals surface area (Å²) in [6, 6.07) is 5.44. The van der Waals surface area contributed by atoms with Gasteiger partial charge in [-0.05, 0) is 18.9 Å². The van der Waals surface area contributed by atoms with E-state index in [9.17, 15) is 9.18 Å². The maximum atomic E-state index is 14.0. The SMILES string of the molecule is COc1cccc(CN(CCC(=O)O)C2CC2)c1F. The van der Waals surface area contributed by atoms with Crippen molar-refractivity contribution in [2.45, 2.75) is 31.8 Å². The molecule has 0 radical (unpaired) electrons. The Kier molecular flexibility index (Phi) is 4.37. The van der Waals surface area contributed by atoms with Crippen molar-refractivity contribution < 1.29 is 19.0 Å². The summed E-state index contributed by atoms with van der Waals surface area (Å²) < 4.78 is 19.0. The average molecular weight is 267 g/mol. The van der Waals surface area contributed by atoms with E-state index in [1.807, 2.05) is 4.90 Å². The highest BCUT2D eigenvalue weighted by Crippen LogP contribution is 2.30. The van der Waals surface area contributed by atoms with E-state index in [1.54, 1.807) is 18.2 Å². The average Bonchev–Trinajstić information content (AvgIpc) is 3.20. The van der Waals surface area contributed by atoms with E-state index in [0.29, 0.717) is 24.7 Å². The monoisotopic (exact) mass is 267 g/mol. The fourth-order valence-corrected chi connectivity index (χ4v) is 2.12. The van der Waals surface area contributed by atoms with Gasteiger partial charge in [0.1, 0.15) is 0 Å². The molecule has 1 aliphatic rings. The number of methoxy groups -OCH3 is 1. The van der Waals surface area contributed by atoms with Crippen molar-refractivity contribution in [3.8, 4) is 5.75 Å². The Hall–Kier alpha value is -1.62. The zero-order valence-corrected chi connectivity index (χ0v) is 10.9. The van der Waals surface area contributed by atoms with Crippen molar-refractivity contribution in [3.05, 3.63) is 29.6 Å². The standard InChI is InChI=1S/C14H18FNO3/c1-19-12-4-2-3-10(14(12)15)9-16(11-5-6-11)8-7-13(17)18/h2-4,11H,5-9H2,1H3,(H,17,18). The summed E-state index contributed by atoms with van der Waals surface area (Å²) in [6.07, 6.45) is 2.21. The topological polar surface area (TPSA) is 49.8 Å². The molecule has 1 fully saturated rings. The molecule has 0 atom stereocenters. The lowest BCUT2D eigenvalue weighted by atomic mass is 10.1. The smallest absolute Gasteiger partial charge is 0.304 e. The van der Waals surface area contributed by atoms with Crippen LogP contribution >= 0.6 is 0 Å². The molecule has 1 aromatic rings. The van der Waals surface area contributed by atoms with Crippen LogP contribution in [-0.2, 0) is 11.3 Å². The van der Waals surface area contributed by atoms with Gasteiger partial charge in [-0.25, -0.2) is 4.39 Å². The van der Waals surface area contributed by atoms with E-state index in [1.165, 1.54) is 7.11 Å². The minimum absolute atomic E-state index is 0.0854. The zero-order valence-electron chi connectivity index (χ0n) is 10.9. The highest BCUT2D eigenvalue weighted by atomic mass is 19.1. The molecule has 0 aliphatic heterocycles. The molecule has 0 amide bonds. The van der Waals surface area contributed by atoms with E-state index in [2.05, 4.69) is 0 Å². The summed E-state index contributed by atoms with van der Waals surface area (Å²) in [5.41, 5.74) is 0.552. The van der Waals surface area contributed by atoms with Gasteiger partial charge in [-0.1, -0.05) is 12.1 Å². The maximum Gasteiger partial charge on any atom is 0.304 e. The van der Waals surface area contributed by atoms with Crippen LogP contribution in [0, 0.1) is 5.82 Å². The first kappa shape index (κ1) is 13.8. The minimum atomic E-state index is -0.822. The van der Waals surface area contributed by atoms with Crippen molar-refractivity contribution >= 4 is 5.97 Å². The molecule has 0 aromatic heterocycles. The van der Waals surface area contributed by atoms with Crippen LogP contribution in [0.2, 0.25) is 0 Å². The molecule has 0 heterocycles. The molecule has 0 unspecified atom stereocenters. The van der Waals surface area contributed by atoms with Gasteiger partial charge in [0.2, 0.25) is 0 Å². The molecular formula is C14H18FNO3. The van der Waals surface area contributed by atoms with Crippen LogP contribution in [0.3, 0.4) is 0 Å². The second-order valence-corrected chi connectivity index (χ2v) is 4.78. The number of hydrogen-bond acceptors (Lipinski definition) is 3. The van der Waals surface area contributed by atoms with Gasteiger partial charge < -0.3 is 9.84 Å². The fraction of sp³-hybridized carbons (Fsp3) is 0.500. The third-order valence-corrected chi connectivity index (χ3v) is 3.31. The number of aliphatic carboxylic acids is 1. The van der Waals surface area contributed by atoms with E-state index in [-0.39, 0.29) is 18.0 Å². The summed E-state index contributed by atoms with van der Waals surface area (Å²) in [6.45, 7) is 0.887. The van der Waals surface area contributed by atoms with Crippen LogP contribution in [-0.4, -0.2) is 35.7 Å². The Morgan fingerprint density at radius 3 is 2.84 bits per heavy atom. The molecule has 1 aromatic carbocycles. The molecule has 104 valence electrons. The van der Waals surface area contributed by atoms with Gasteiger partial charge in [0.25, 0.3) is 0 Å². The Balaban J connectivity index is 2.06. The van der Waals surface area contributed by atoms with Crippen LogP contribution in [0.4, 0.5) is 4.39 Å². The Bertz CT molecular complexity index is 460. The van der Waals surface area contributed by atoms with Gasteiger partial charge in [-0.15, -0.1) is 0 Å². The zero-order chi connectivity index (χ0) is 13.8. The molecule has 1 N–H and O–H groups in total. The molecule has 1 aliphatic carbocycles. The van der Waals surface area contributed by atoms with E-state index >= 15 is 0 Å². The summed E-state index contributed by atoms with van der Waals surface area (Å²) in [5, 5.41) is 8.75. The van der Waals surface area contributed by atoms with Crippen LogP contribution in [0.15, 0.2) is 18.2 Å². The van der Waals surface area contributed by atoms with Crippen molar-refractivity contribution in [1.82, 2.24) is 4.90 Å². The lowest BCUT2D eigenvalue weighted by Crippen LogP contribution is -2.28. The quantitative estimate of drug-likeness (QED) is 0.823. The number of nitrogens with zero attached hydrogens (tertiary/aromatic N) is 1. The lowest BCUT2D eigenvalue weighted by Gasteiger charge is -2.21. The highest BCUT2D eigenvalue weighted by molar-refractivity contribution is 5.66. The largest absolute Gasteiger partial charge is 0.494 e. The second-order valence-electron chi connectivity index (χ2n) is 4.78. The number of benzene rings is 1. The van der Waals surface area contributed by atoms with Crippen molar-refractivity contribution in [3.63, 3.8) is 0 Å². The van der Waals surface area contributed by atoms with Crippen LogP contribution in [0.1, 0.15) is 24.8 Å². The molecular weight excluding hydrogens is 249 g/mol. The van der Waals surface area contributed by atoms with E-state index in [4.69, 9.17) is 9.84 Å². The third-order valence-electron chi connectivity index (χ3n) is 3.31. The van der Waals surface area contributed by atoms with Crippen molar-refractivity contribution in [2.24, 2.45) is 0 Å². The summed E-state index contributed by atoms with van der Waals surface area (Å²) in [5.74, 6) is -0.950. The van der Waals surface area contributed by atoms with Crippen molar-refractivity contribution in [2.75, 3.05) is 13.7 Å². The van der Waals surface area contributed by atoms with Crippen molar-refractivity contribution in [1.29, 1.82) is 0 Å². The van der Waals surface area contributed by atoms with Gasteiger partial charge in [0, 0.05) is 24.7 Å². The number of carboxylic acid groups (broad SMARTS) is 1. The second kappa shape index (κ2) is 6.02. The van der Waals surface area contributed by atoms with Crippen LogP contribution in [0.5, 0.6) is 5.75 Å². The lowest BCUT2D eigenvalue weighted by molar-refractivity contribution is -0.137. The van der Waals surface area contributed by atoms with Crippen LogP contribution < -0.4 is 4.74 Å². The minimum Gasteiger partial charge on any atom is -0.494 e. The van der Waals surface area contributed by atoms with Gasteiger partial charge in [0.15, 0.2) is 11.6 Å². The predicted octanol–water partition coefficient (Wildman–Crippen LogP) is 2.27. The Labute approximate surface area is 111 Å². The number of rotatable bonds is 7. The first-order chi connectivity index (χ1) is 9.11. The van der Waals surface area contributed by atoms with E-state index < -0.39 is 5.97 Å². The molecule has 5 heteroatoms. The number of carbonyl (C=O) groups is 1. The fourth-order valence-electron chi connectivity index (χ4n) is 2.12. The normalized spacial score (nSPS) is 14.7. The molecule has 1 saturated carbocycles. The molecule has 0 saturated heterocycles. The molecule has 4 nitrogen and oxygen atoms in total. The van der Waals surface area contributed by atoms with E-state index in [0.717, 1.165) is 12.8 Å². The van der Waals surface area contributed by atoms with Crippen LogP contribution in [0.25, 0.3) is 0 Å². The first-order valence-corrected chi connectivity index (χ1v) is 6.39. The maximum absolute atomic E-state index is 14.0. The number of hydrogen-bond donors (Lipinski definition) is 1. The van der Waals surface area contributed by atoms with Gasteiger partial charge >= 0.3 is 5.97 Å². The first-order valence-electron chi connectivity index (χ1n) is 6.39. The van der Waals surface area contributed by atoms with Gasteiger partial charge in [-0.3, -0.25) is 9.69 Å². The molecule has 2 rings (SSSR count). The summed E-state index contributed by atoms with van der Waals surface area (Å²) in [7, 11) is 1.44. The highest BCUT2D eigenvalue weighted by Gasteiger charge is 2.29. The third kappa shape index (κ3) is 3.67.